The highest BCUT2D eigenvalue weighted by Gasteiger charge is 2.45. The summed E-state index contributed by atoms with van der Waals surface area (Å²) in [5, 5.41) is 8.81. The zero-order chi connectivity index (χ0) is 68.8. The van der Waals surface area contributed by atoms with Crippen LogP contribution >= 0.6 is 0 Å². The van der Waals surface area contributed by atoms with Crippen molar-refractivity contribution in [3.63, 3.8) is 0 Å². The monoisotopic (exact) mass is 1350 g/mol. The van der Waals surface area contributed by atoms with Crippen molar-refractivity contribution in [2.24, 2.45) is 0 Å². The Balaban J connectivity index is 0.611. The Bertz CT molecular complexity index is 7770. The van der Waals surface area contributed by atoms with Crippen LogP contribution in [0.15, 0.2) is 309 Å². The number of para-hydroxylation sites is 8. The predicted octanol–water partition coefficient (Wildman–Crippen LogP) is 20.6. The van der Waals surface area contributed by atoms with Crippen molar-refractivity contribution in [2.45, 2.75) is 13.8 Å². The Morgan fingerprint density at radius 2 is 0.632 bits per heavy atom. The maximum absolute atomic E-state index is 7.29. The molecule has 10 nitrogen and oxygen atoms in total. The highest BCUT2D eigenvalue weighted by molar-refractivity contribution is 7.01. The lowest BCUT2D eigenvalue weighted by Crippen LogP contribution is -2.59. The van der Waals surface area contributed by atoms with Crippen molar-refractivity contribution in [1.29, 1.82) is 0 Å². The number of aromatic nitrogens is 4. The summed E-state index contributed by atoms with van der Waals surface area (Å²) >= 11 is 0. The summed E-state index contributed by atoms with van der Waals surface area (Å²) in [5.74, 6) is 0. The first kappa shape index (κ1) is 55.8. The van der Waals surface area contributed by atoms with E-state index in [1.807, 2.05) is 0 Å². The number of benzene rings is 14. The molecule has 106 heavy (non-hydrogen) atoms. The van der Waals surface area contributed by atoms with E-state index in [9.17, 15) is 0 Å². The maximum Gasteiger partial charge on any atom is 0.252 e. The van der Waals surface area contributed by atoms with E-state index in [0.29, 0.717) is 0 Å². The Morgan fingerprint density at radius 3 is 1.15 bits per heavy atom. The van der Waals surface area contributed by atoms with Crippen LogP contribution in [0.4, 0.5) is 34.1 Å². The SMILES string of the molecule is Cc1cc2c3c(c1)-n1c4c(cccc4c4oc5cc(N(c6ccccc6)c6ccc(-c7cccc(N(c8ccccc8)c8ccc9c%10c8c8oc%11ccccc%11c8n%10-c8cc(C)cc%10c8B9c8cccc9c%11oc%12ccccc%12c%11n-%10c89)c7)cc6)ccc5c41)B3c1cccc3c4oc5ccccc5c4n-2c13. The smallest absolute Gasteiger partial charge is 0.252 e. The number of nitrogens with zero attached hydrogens (tertiary/aromatic N) is 6. The molecule has 4 aliphatic heterocycles. The van der Waals surface area contributed by atoms with E-state index >= 15 is 0 Å². The second-order valence-corrected chi connectivity index (χ2v) is 29.5. The third-order valence-electron chi connectivity index (χ3n) is 23.9. The minimum absolute atomic E-state index is 0.0108. The van der Waals surface area contributed by atoms with E-state index in [4.69, 9.17) is 17.7 Å². The van der Waals surface area contributed by atoms with Crippen molar-refractivity contribution in [1.82, 2.24) is 18.3 Å². The fraction of sp³-hybridized carbons (Fsp3) is 0.0213. The number of furan rings is 4. The van der Waals surface area contributed by atoms with Crippen molar-refractivity contribution >= 4 is 212 Å². The number of anilines is 6. The molecular weight excluding hydrogens is 1300 g/mol. The third kappa shape index (κ3) is 6.86. The van der Waals surface area contributed by atoms with Crippen LogP contribution in [-0.2, 0) is 0 Å². The van der Waals surface area contributed by atoms with Gasteiger partial charge in [0.05, 0.1) is 33.1 Å². The van der Waals surface area contributed by atoms with Gasteiger partial charge >= 0.3 is 0 Å². The van der Waals surface area contributed by atoms with Crippen molar-refractivity contribution < 1.29 is 17.7 Å². The van der Waals surface area contributed by atoms with Crippen molar-refractivity contribution in [2.75, 3.05) is 9.80 Å². The quantitative estimate of drug-likeness (QED) is 0.148. The van der Waals surface area contributed by atoms with Crippen LogP contribution in [0.25, 0.3) is 166 Å². The van der Waals surface area contributed by atoms with E-state index < -0.39 is 0 Å². The summed E-state index contributed by atoms with van der Waals surface area (Å²) in [6.45, 7) is 4.41. The van der Waals surface area contributed by atoms with Gasteiger partial charge in [0, 0.05) is 95.0 Å². The van der Waals surface area contributed by atoms with Gasteiger partial charge in [-0.1, -0.05) is 140 Å². The van der Waals surface area contributed by atoms with Crippen LogP contribution < -0.4 is 42.6 Å². The molecular formula is C94H54B2N6O4. The van der Waals surface area contributed by atoms with Gasteiger partial charge in [-0.3, -0.25) is 0 Å². The topological polar surface area (TPSA) is 78.8 Å². The van der Waals surface area contributed by atoms with Crippen LogP contribution in [0.5, 0.6) is 0 Å². The molecule has 0 saturated carbocycles. The fourth-order valence-corrected chi connectivity index (χ4v) is 19.9. The van der Waals surface area contributed by atoms with Gasteiger partial charge in [-0.15, -0.1) is 0 Å². The van der Waals surface area contributed by atoms with Gasteiger partial charge in [-0.25, -0.2) is 0 Å². The van der Waals surface area contributed by atoms with Gasteiger partial charge in [0.1, 0.15) is 44.4 Å². The third-order valence-corrected chi connectivity index (χ3v) is 23.9. The standard InChI is InChI=1S/C94H54B2N6O4/c1-51-45-72-81-73(46-51)101-85-66(30-18-32-68(85)95(81)67-31-16-28-64-83(67)99(72)86-60-25-9-12-34-76(60)103-91(64)86)93-88(101)63-42-41-59(50-79(63)106-93)97(55-20-5-3-6-21-55)57-39-37-53(38-40-57)54-19-15-24-58(49-54)98(56-22-7-4-8-23-56)71-44-43-70-90-80(71)94-89(62-27-11-14-36-78(62)105-94)102(90)75-48-52(2)47-74-82(75)96(70)69-33-17-29-65-84(69)100(74)87-61-26-10-13-35-77(61)104-92(65)87/h3-50H,1-2H3. The molecule has 0 radical (unpaired) electrons. The lowest BCUT2D eigenvalue weighted by molar-refractivity contribution is 0.672. The molecule has 4 aliphatic rings. The first-order chi connectivity index (χ1) is 52.4. The van der Waals surface area contributed by atoms with Gasteiger partial charge in [0.2, 0.25) is 0 Å². The number of aryl methyl sites for hydroxylation is 2. The predicted molar refractivity (Wildman–Crippen MR) is 436 cm³/mol. The second kappa shape index (κ2) is 19.7. The summed E-state index contributed by atoms with van der Waals surface area (Å²) in [6.07, 6.45) is 0. The largest absolute Gasteiger partial charge is 0.454 e. The van der Waals surface area contributed by atoms with E-state index in [0.717, 1.165) is 161 Å². The molecule has 22 aromatic rings. The fourth-order valence-electron chi connectivity index (χ4n) is 19.9. The van der Waals surface area contributed by atoms with E-state index in [1.54, 1.807) is 0 Å². The summed E-state index contributed by atoms with van der Waals surface area (Å²) in [5.41, 5.74) is 39.3. The Labute approximate surface area is 604 Å². The normalized spacial score (nSPS) is 13.2. The maximum atomic E-state index is 7.29. The Hall–Kier alpha value is -13.8. The molecule has 26 rings (SSSR count). The minimum Gasteiger partial charge on any atom is -0.454 e. The number of hydrogen-bond acceptors (Lipinski definition) is 6. The zero-order valence-electron chi connectivity index (χ0n) is 57.2. The number of fused-ring (bicyclic) bond motifs is 28. The van der Waals surface area contributed by atoms with Gasteiger partial charge in [-0.2, -0.15) is 0 Å². The molecule has 8 aromatic heterocycles. The highest BCUT2D eigenvalue weighted by atomic mass is 16.3. The van der Waals surface area contributed by atoms with Crippen LogP contribution in [0.2, 0.25) is 0 Å². The molecule has 0 spiro atoms. The molecule has 0 unspecified atom stereocenters. The molecule has 0 N–H and O–H groups in total. The van der Waals surface area contributed by atoms with Crippen LogP contribution in [0.1, 0.15) is 11.1 Å². The van der Waals surface area contributed by atoms with Crippen molar-refractivity contribution in [3.8, 4) is 33.9 Å². The first-order valence-electron chi connectivity index (χ1n) is 36.5. The molecule has 14 aromatic carbocycles. The lowest BCUT2D eigenvalue weighted by Gasteiger charge is -2.34. The van der Waals surface area contributed by atoms with Crippen molar-refractivity contribution in [3.05, 3.63) is 302 Å². The minimum atomic E-state index is -0.0742. The average molecular weight is 1350 g/mol. The summed E-state index contributed by atoms with van der Waals surface area (Å²) < 4.78 is 38.2. The molecule has 12 heteroatoms. The second-order valence-electron chi connectivity index (χ2n) is 29.5. The van der Waals surface area contributed by atoms with E-state index in [-0.39, 0.29) is 13.4 Å². The Kier molecular flexibility index (Phi) is 10.4. The van der Waals surface area contributed by atoms with E-state index in [1.165, 1.54) is 83.2 Å². The molecule has 0 aliphatic carbocycles. The average Bonchev–Trinajstić information content (AvgIpc) is 1.44. The highest BCUT2D eigenvalue weighted by Crippen LogP contribution is 2.51. The first-order valence-corrected chi connectivity index (χ1v) is 36.5. The molecule has 490 valence electrons. The van der Waals surface area contributed by atoms with E-state index in [2.05, 4.69) is 333 Å². The molecule has 0 saturated heterocycles. The van der Waals surface area contributed by atoms with Gasteiger partial charge in [-0.05, 0) is 214 Å². The molecule has 0 bridgehead atoms. The summed E-state index contributed by atoms with van der Waals surface area (Å²) in [4.78, 5) is 4.77. The van der Waals surface area contributed by atoms with Gasteiger partial charge in [0.25, 0.3) is 13.4 Å². The zero-order valence-corrected chi connectivity index (χ0v) is 57.2. The van der Waals surface area contributed by atoms with Gasteiger partial charge in [0.15, 0.2) is 22.3 Å². The Morgan fingerprint density at radius 1 is 0.255 bits per heavy atom. The van der Waals surface area contributed by atoms with Crippen LogP contribution in [0.3, 0.4) is 0 Å². The summed E-state index contributed by atoms with van der Waals surface area (Å²) in [6, 6.07) is 106. The molecule has 0 fully saturated rings. The lowest BCUT2D eigenvalue weighted by atomic mass is 9.34. The molecule has 0 amide bonds. The molecule has 12 heterocycles. The van der Waals surface area contributed by atoms with Crippen LogP contribution in [0, 0.1) is 13.8 Å². The van der Waals surface area contributed by atoms with Crippen LogP contribution in [-0.4, -0.2) is 31.7 Å². The molecule has 0 atom stereocenters. The number of rotatable bonds is 7. The summed E-state index contributed by atoms with van der Waals surface area (Å²) in [7, 11) is 0. The number of hydrogen-bond donors (Lipinski definition) is 0. The van der Waals surface area contributed by atoms with Gasteiger partial charge < -0.3 is 45.7 Å².